The Morgan fingerprint density at radius 1 is 0.680 bits per heavy atom. The van der Waals surface area contributed by atoms with Crippen LogP contribution in [0.5, 0.6) is 34.5 Å². The van der Waals surface area contributed by atoms with Crippen molar-refractivity contribution in [1.82, 2.24) is 0 Å². The van der Waals surface area contributed by atoms with Gasteiger partial charge in [-0.2, -0.15) is 0 Å². The summed E-state index contributed by atoms with van der Waals surface area (Å²) in [6, 6.07) is 15.8. The number of aromatic hydroxyl groups is 4. The van der Waals surface area contributed by atoms with Crippen LogP contribution in [0.15, 0.2) is 54.6 Å². The predicted octanol–water partition coefficient (Wildman–Crippen LogP) is 3.97. The van der Waals surface area contributed by atoms with Crippen LogP contribution in [0.3, 0.4) is 0 Å². The molecule has 3 aromatic carbocycles. The van der Waals surface area contributed by atoms with Crippen molar-refractivity contribution in [3.63, 3.8) is 0 Å². The van der Waals surface area contributed by atoms with E-state index in [1.165, 1.54) is 12.1 Å². The lowest BCUT2D eigenvalue weighted by atomic mass is 9.69. The van der Waals surface area contributed by atoms with Gasteiger partial charge >= 0.3 is 0 Å². The molecule has 1 heterocycles. The maximum absolute atomic E-state index is 10.3. The van der Waals surface area contributed by atoms with Crippen molar-refractivity contribution in [2.24, 2.45) is 0 Å². The van der Waals surface area contributed by atoms with Crippen molar-refractivity contribution < 1.29 is 25.2 Å². The molecule has 4 rings (SSSR count). The van der Waals surface area contributed by atoms with E-state index in [0.717, 1.165) is 5.56 Å². The Hall–Kier alpha value is -3.34. The third-order valence-electron chi connectivity index (χ3n) is 4.85. The summed E-state index contributed by atoms with van der Waals surface area (Å²) >= 11 is 0. The molecule has 0 amide bonds. The Balaban J connectivity index is 2.12. The second-order valence-corrected chi connectivity index (χ2v) is 6.21. The van der Waals surface area contributed by atoms with E-state index in [-0.39, 0.29) is 23.0 Å². The van der Waals surface area contributed by atoms with Crippen LogP contribution in [0, 0.1) is 0 Å². The molecule has 0 radical (unpaired) electrons. The molecule has 1 aliphatic rings. The van der Waals surface area contributed by atoms with E-state index in [9.17, 15) is 20.4 Å². The van der Waals surface area contributed by atoms with Gasteiger partial charge in [0.2, 0.25) is 11.5 Å². The highest BCUT2D eigenvalue weighted by Crippen LogP contribution is 2.58. The van der Waals surface area contributed by atoms with E-state index < -0.39 is 16.9 Å². The zero-order chi connectivity index (χ0) is 17.8. The van der Waals surface area contributed by atoms with Crippen LogP contribution < -0.4 is 4.74 Å². The second kappa shape index (κ2) is 5.08. The maximum atomic E-state index is 10.3. The fourth-order valence-electron chi connectivity index (χ4n) is 3.45. The zero-order valence-electron chi connectivity index (χ0n) is 13.4. The van der Waals surface area contributed by atoms with Crippen LogP contribution >= 0.6 is 0 Å². The van der Waals surface area contributed by atoms with Gasteiger partial charge in [0.1, 0.15) is 0 Å². The third-order valence-corrected chi connectivity index (χ3v) is 4.85. The summed E-state index contributed by atoms with van der Waals surface area (Å²) in [5.74, 6) is -1.35. The van der Waals surface area contributed by atoms with Crippen molar-refractivity contribution in [2.75, 3.05) is 0 Å². The number of hydrogen-bond acceptors (Lipinski definition) is 5. The summed E-state index contributed by atoms with van der Waals surface area (Å²) < 4.78 is 5.70. The number of phenolic OH excluding ortho intramolecular Hbond substituents is 4. The minimum atomic E-state index is -0.763. The van der Waals surface area contributed by atoms with E-state index in [1.807, 2.05) is 37.3 Å². The molecule has 4 N–H and O–H groups in total. The monoisotopic (exact) mass is 336 g/mol. The van der Waals surface area contributed by atoms with Gasteiger partial charge in [-0.1, -0.05) is 42.5 Å². The number of benzene rings is 3. The van der Waals surface area contributed by atoms with Gasteiger partial charge in [-0.25, -0.2) is 0 Å². The lowest BCUT2D eigenvalue weighted by Crippen LogP contribution is -2.29. The fourth-order valence-corrected chi connectivity index (χ4v) is 3.45. The lowest BCUT2D eigenvalue weighted by Gasteiger charge is -2.38. The van der Waals surface area contributed by atoms with E-state index in [0.29, 0.717) is 11.1 Å². The largest absolute Gasteiger partial charge is 0.504 e. The van der Waals surface area contributed by atoms with Crippen molar-refractivity contribution in [3.05, 3.63) is 71.3 Å². The van der Waals surface area contributed by atoms with Crippen LogP contribution in [0.25, 0.3) is 0 Å². The quantitative estimate of drug-likeness (QED) is 0.505. The van der Waals surface area contributed by atoms with Gasteiger partial charge in [-0.05, 0) is 24.6 Å². The molecule has 25 heavy (non-hydrogen) atoms. The van der Waals surface area contributed by atoms with Crippen molar-refractivity contribution in [3.8, 4) is 34.5 Å². The summed E-state index contributed by atoms with van der Waals surface area (Å²) in [7, 11) is 0. The maximum Gasteiger partial charge on any atom is 0.201 e. The molecule has 5 nitrogen and oxygen atoms in total. The smallest absolute Gasteiger partial charge is 0.201 e. The van der Waals surface area contributed by atoms with Crippen LogP contribution in [-0.4, -0.2) is 20.4 Å². The molecule has 0 fully saturated rings. The summed E-state index contributed by atoms with van der Waals surface area (Å²) in [6.07, 6.45) is 0. The van der Waals surface area contributed by atoms with E-state index in [2.05, 4.69) is 0 Å². The SMILES string of the molecule is CC1(c2ccccc2)c2ccc(O)c(O)c2Oc2c1ccc(O)c2O. The summed E-state index contributed by atoms with van der Waals surface area (Å²) in [5, 5.41) is 40.3. The normalized spacial score (nSPS) is 14.3. The number of phenols is 4. The molecule has 0 spiro atoms. The standard InChI is InChI=1S/C20H16O5/c1-20(11-5-3-2-4-6-11)12-7-9-14(21)16(23)18(12)25-19-13(20)8-10-15(22)17(19)24/h2-10,21-24H,1H3. The van der Waals surface area contributed by atoms with Crippen LogP contribution in [0.2, 0.25) is 0 Å². The van der Waals surface area contributed by atoms with Gasteiger partial charge in [0.05, 0.1) is 0 Å². The van der Waals surface area contributed by atoms with Gasteiger partial charge in [-0.3, -0.25) is 0 Å². The van der Waals surface area contributed by atoms with Gasteiger partial charge < -0.3 is 25.2 Å². The molecule has 0 aliphatic carbocycles. The highest BCUT2D eigenvalue weighted by Gasteiger charge is 2.43. The van der Waals surface area contributed by atoms with Crippen molar-refractivity contribution in [1.29, 1.82) is 0 Å². The molecule has 126 valence electrons. The molecule has 0 unspecified atom stereocenters. The molecule has 0 atom stereocenters. The summed E-state index contributed by atoms with van der Waals surface area (Å²) in [5.41, 5.74) is 1.44. The fraction of sp³-hybridized carbons (Fsp3) is 0.100. The first-order chi connectivity index (χ1) is 11.9. The van der Waals surface area contributed by atoms with E-state index in [1.54, 1.807) is 12.1 Å². The Bertz CT molecular complexity index is 922. The number of fused-ring (bicyclic) bond motifs is 2. The molecule has 0 bridgehead atoms. The lowest BCUT2D eigenvalue weighted by molar-refractivity contribution is 0.332. The Kier molecular flexibility index (Phi) is 3.09. The van der Waals surface area contributed by atoms with Crippen LogP contribution in [-0.2, 0) is 5.41 Å². The average molecular weight is 336 g/mol. The molecule has 3 aromatic rings. The number of hydrogen-bond donors (Lipinski definition) is 4. The topological polar surface area (TPSA) is 90.2 Å². The van der Waals surface area contributed by atoms with Crippen molar-refractivity contribution in [2.45, 2.75) is 12.3 Å². The van der Waals surface area contributed by atoms with Crippen molar-refractivity contribution >= 4 is 0 Å². The average Bonchev–Trinajstić information content (AvgIpc) is 2.63. The van der Waals surface area contributed by atoms with Gasteiger partial charge in [-0.15, -0.1) is 0 Å². The predicted molar refractivity (Wildman–Crippen MR) is 91.6 cm³/mol. The van der Waals surface area contributed by atoms with Gasteiger partial charge in [0.25, 0.3) is 0 Å². The first kappa shape index (κ1) is 15.2. The first-order valence-corrected chi connectivity index (χ1v) is 7.78. The van der Waals surface area contributed by atoms with Gasteiger partial charge in [0, 0.05) is 16.5 Å². The highest BCUT2D eigenvalue weighted by atomic mass is 16.5. The van der Waals surface area contributed by atoms with Crippen LogP contribution in [0.4, 0.5) is 0 Å². The molecule has 1 aliphatic heterocycles. The Morgan fingerprint density at radius 3 is 1.64 bits per heavy atom. The summed E-state index contributed by atoms with van der Waals surface area (Å²) in [4.78, 5) is 0. The number of ether oxygens (including phenoxy) is 1. The summed E-state index contributed by atoms with van der Waals surface area (Å²) in [6.45, 7) is 1.94. The zero-order valence-corrected chi connectivity index (χ0v) is 13.4. The molecule has 0 aromatic heterocycles. The van der Waals surface area contributed by atoms with Gasteiger partial charge in [0.15, 0.2) is 23.0 Å². The van der Waals surface area contributed by atoms with Crippen LogP contribution in [0.1, 0.15) is 23.6 Å². The molecular formula is C20H16O5. The van der Waals surface area contributed by atoms with E-state index >= 15 is 0 Å². The second-order valence-electron chi connectivity index (χ2n) is 6.21. The molecular weight excluding hydrogens is 320 g/mol. The first-order valence-electron chi connectivity index (χ1n) is 7.78. The molecule has 5 heteroatoms. The Morgan fingerprint density at radius 2 is 1.16 bits per heavy atom. The minimum Gasteiger partial charge on any atom is -0.504 e. The minimum absolute atomic E-state index is 0.0553. The van der Waals surface area contributed by atoms with E-state index in [4.69, 9.17) is 4.74 Å². The molecule has 0 saturated carbocycles. The Labute approximate surface area is 144 Å². The third kappa shape index (κ3) is 1.96. The highest BCUT2D eigenvalue weighted by molar-refractivity contribution is 5.71. The number of rotatable bonds is 1. The molecule has 0 saturated heterocycles.